The molecule has 17 heavy (non-hydrogen) atoms. The Bertz CT molecular complexity index is 461. The van der Waals surface area contributed by atoms with E-state index in [2.05, 4.69) is 34.9 Å². The number of rotatable bonds is 6. The van der Waals surface area contributed by atoms with Crippen molar-refractivity contribution >= 4 is 11.3 Å². The first-order chi connectivity index (χ1) is 8.31. The molecule has 2 rings (SSSR count). The molecule has 0 radical (unpaired) electrons. The van der Waals surface area contributed by atoms with E-state index in [0.29, 0.717) is 0 Å². The molecule has 0 fully saturated rings. The number of oxazole rings is 1. The summed E-state index contributed by atoms with van der Waals surface area (Å²) < 4.78 is 5.76. The summed E-state index contributed by atoms with van der Waals surface area (Å²) in [6.45, 7) is 6.25. The third-order valence-corrected chi connectivity index (χ3v) is 3.53. The van der Waals surface area contributed by atoms with Gasteiger partial charge in [-0.25, -0.2) is 4.98 Å². The lowest BCUT2D eigenvalue weighted by molar-refractivity contribution is 0.493. The van der Waals surface area contributed by atoms with Crippen LogP contribution in [0.15, 0.2) is 21.4 Å². The average Bonchev–Trinajstić information content (AvgIpc) is 2.93. The maximum absolute atomic E-state index is 5.76. The van der Waals surface area contributed by atoms with Gasteiger partial charge in [-0.15, -0.1) is 0 Å². The fourth-order valence-electron chi connectivity index (χ4n) is 1.70. The molecule has 0 aliphatic rings. The average molecular weight is 250 g/mol. The van der Waals surface area contributed by atoms with Crippen molar-refractivity contribution in [2.24, 2.45) is 0 Å². The van der Waals surface area contributed by atoms with Crippen molar-refractivity contribution in [2.75, 3.05) is 13.1 Å². The molecule has 0 aliphatic heterocycles. The molecule has 0 saturated carbocycles. The highest BCUT2D eigenvalue weighted by Crippen LogP contribution is 2.27. The van der Waals surface area contributed by atoms with E-state index in [1.165, 1.54) is 11.1 Å². The van der Waals surface area contributed by atoms with Crippen molar-refractivity contribution in [2.45, 2.75) is 26.7 Å². The predicted molar refractivity (Wildman–Crippen MR) is 71.4 cm³/mol. The van der Waals surface area contributed by atoms with Gasteiger partial charge < -0.3 is 9.73 Å². The molecule has 0 unspecified atom stereocenters. The van der Waals surface area contributed by atoms with Gasteiger partial charge in [0.1, 0.15) is 0 Å². The number of thiophene rings is 1. The normalized spacial score (nSPS) is 10.9. The minimum Gasteiger partial charge on any atom is -0.441 e. The number of hydrogen-bond donors (Lipinski definition) is 1. The third kappa shape index (κ3) is 3.17. The van der Waals surface area contributed by atoms with E-state index in [1.54, 1.807) is 11.3 Å². The molecule has 0 spiro atoms. The van der Waals surface area contributed by atoms with E-state index < -0.39 is 0 Å². The largest absolute Gasteiger partial charge is 0.441 e. The van der Waals surface area contributed by atoms with Crippen molar-refractivity contribution in [1.29, 1.82) is 0 Å². The summed E-state index contributed by atoms with van der Waals surface area (Å²) in [6.07, 6.45) is 3.80. The van der Waals surface area contributed by atoms with E-state index in [-0.39, 0.29) is 0 Å². The molecular formula is C13H18N2OS. The zero-order chi connectivity index (χ0) is 12.1. The van der Waals surface area contributed by atoms with Crippen LogP contribution in [0.3, 0.4) is 0 Å². The van der Waals surface area contributed by atoms with E-state index >= 15 is 0 Å². The molecular weight excluding hydrogens is 232 g/mol. The summed E-state index contributed by atoms with van der Waals surface area (Å²) in [5, 5.41) is 7.53. The molecule has 3 nitrogen and oxygen atoms in total. The van der Waals surface area contributed by atoms with Crippen LogP contribution in [0.4, 0.5) is 0 Å². The number of nitrogens with zero attached hydrogens (tertiary/aromatic N) is 1. The lowest BCUT2D eigenvalue weighted by Gasteiger charge is -1.98. The van der Waals surface area contributed by atoms with Crippen LogP contribution in [0.5, 0.6) is 0 Å². The van der Waals surface area contributed by atoms with Gasteiger partial charge in [-0.2, -0.15) is 11.3 Å². The topological polar surface area (TPSA) is 38.1 Å². The van der Waals surface area contributed by atoms with Crippen molar-refractivity contribution < 1.29 is 4.42 Å². The molecule has 0 aromatic carbocycles. The highest BCUT2D eigenvalue weighted by molar-refractivity contribution is 7.08. The first-order valence-corrected chi connectivity index (χ1v) is 6.94. The van der Waals surface area contributed by atoms with Crippen LogP contribution in [0.25, 0.3) is 11.3 Å². The van der Waals surface area contributed by atoms with Gasteiger partial charge in [-0.05, 0) is 37.4 Å². The monoisotopic (exact) mass is 250 g/mol. The highest BCUT2D eigenvalue weighted by Gasteiger charge is 2.09. The molecule has 0 saturated heterocycles. The standard InChI is InChI=1S/C13H18N2OS/c1-3-14-6-4-5-13-15-7-12(16-13)11-9-17-8-10(11)2/h7-9,14H,3-6H2,1-2H3. The SMILES string of the molecule is CCNCCCc1ncc(-c2cscc2C)o1. The molecule has 2 aromatic rings. The van der Waals surface area contributed by atoms with Crippen LogP contribution in [0.2, 0.25) is 0 Å². The van der Waals surface area contributed by atoms with Gasteiger partial charge in [0.15, 0.2) is 11.7 Å². The second kappa shape index (κ2) is 5.98. The summed E-state index contributed by atoms with van der Waals surface area (Å²) in [5.74, 6) is 1.73. The Kier molecular flexibility index (Phi) is 4.34. The zero-order valence-corrected chi connectivity index (χ0v) is 11.1. The summed E-state index contributed by atoms with van der Waals surface area (Å²) in [4.78, 5) is 4.32. The Morgan fingerprint density at radius 1 is 1.41 bits per heavy atom. The lowest BCUT2D eigenvalue weighted by Crippen LogP contribution is -2.14. The molecule has 2 aromatic heterocycles. The molecule has 4 heteroatoms. The van der Waals surface area contributed by atoms with Crippen LogP contribution in [-0.2, 0) is 6.42 Å². The molecule has 0 atom stereocenters. The third-order valence-electron chi connectivity index (χ3n) is 2.67. The van der Waals surface area contributed by atoms with Gasteiger partial charge in [-0.3, -0.25) is 0 Å². The van der Waals surface area contributed by atoms with Gasteiger partial charge in [-0.1, -0.05) is 6.92 Å². The van der Waals surface area contributed by atoms with Crippen LogP contribution in [0.1, 0.15) is 24.8 Å². The van der Waals surface area contributed by atoms with Crippen LogP contribution >= 0.6 is 11.3 Å². The Morgan fingerprint density at radius 2 is 2.29 bits per heavy atom. The number of hydrogen-bond acceptors (Lipinski definition) is 4. The van der Waals surface area contributed by atoms with Crippen molar-refractivity contribution in [3.8, 4) is 11.3 Å². The van der Waals surface area contributed by atoms with Gasteiger partial charge in [0.25, 0.3) is 0 Å². The first-order valence-electron chi connectivity index (χ1n) is 6.00. The summed E-state index contributed by atoms with van der Waals surface area (Å²) in [6, 6.07) is 0. The minimum absolute atomic E-state index is 0.837. The van der Waals surface area contributed by atoms with E-state index in [4.69, 9.17) is 4.42 Å². The Labute approximate surface area is 106 Å². The molecule has 1 N–H and O–H groups in total. The highest BCUT2D eigenvalue weighted by atomic mass is 32.1. The van der Waals surface area contributed by atoms with Gasteiger partial charge >= 0.3 is 0 Å². The zero-order valence-electron chi connectivity index (χ0n) is 10.3. The quantitative estimate of drug-likeness (QED) is 0.800. The second-order valence-electron chi connectivity index (χ2n) is 4.04. The molecule has 0 aliphatic carbocycles. The van der Waals surface area contributed by atoms with Crippen LogP contribution in [0, 0.1) is 6.92 Å². The molecule has 92 valence electrons. The van der Waals surface area contributed by atoms with Crippen LogP contribution < -0.4 is 5.32 Å². The first kappa shape index (κ1) is 12.3. The van der Waals surface area contributed by atoms with Gasteiger partial charge in [0, 0.05) is 17.4 Å². The summed E-state index contributed by atoms with van der Waals surface area (Å²) >= 11 is 1.70. The maximum Gasteiger partial charge on any atom is 0.194 e. The van der Waals surface area contributed by atoms with E-state index in [1.807, 2.05) is 6.20 Å². The van der Waals surface area contributed by atoms with Crippen molar-refractivity contribution in [3.05, 3.63) is 28.4 Å². The second-order valence-corrected chi connectivity index (χ2v) is 4.79. The number of aryl methyl sites for hydroxylation is 2. The summed E-state index contributed by atoms with van der Waals surface area (Å²) in [5.41, 5.74) is 2.42. The smallest absolute Gasteiger partial charge is 0.194 e. The van der Waals surface area contributed by atoms with Crippen molar-refractivity contribution in [1.82, 2.24) is 10.3 Å². The molecule has 2 heterocycles. The van der Waals surface area contributed by atoms with Gasteiger partial charge in [0.2, 0.25) is 0 Å². The number of nitrogens with one attached hydrogen (secondary N) is 1. The molecule has 0 amide bonds. The van der Waals surface area contributed by atoms with E-state index in [0.717, 1.165) is 37.6 Å². The fraction of sp³-hybridized carbons (Fsp3) is 0.462. The Hall–Kier alpha value is -1.13. The fourth-order valence-corrected chi connectivity index (χ4v) is 2.54. The van der Waals surface area contributed by atoms with Crippen molar-refractivity contribution in [3.63, 3.8) is 0 Å². The predicted octanol–water partition coefficient (Wildman–Crippen LogP) is 3.25. The maximum atomic E-state index is 5.76. The Morgan fingerprint density at radius 3 is 3.00 bits per heavy atom. The molecule has 0 bridgehead atoms. The van der Waals surface area contributed by atoms with E-state index in [9.17, 15) is 0 Å². The lowest BCUT2D eigenvalue weighted by atomic mass is 10.2. The number of aromatic nitrogens is 1. The Balaban J connectivity index is 1.95. The van der Waals surface area contributed by atoms with Crippen LogP contribution in [-0.4, -0.2) is 18.1 Å². The van der Waals surface area contributed by atoms with Gasteiger partial charge in [0.05, 0.1) is 6.20 Å². The summed E-state index contributed by atoms with van der Waals surface area (Å²) in [7, 11) is 0. The minimum atomic E-state index is 0.837.